The summed E-state index contributed by atoms with van der Waals surface area (Å²) >= 11 is 0. The Kier molecular flexibility index (Phi) is 3.82. The molecule has 1 atom stereocenters. The summed E-state index contributed by atoms with van der Waals surface area (Å²) < 4.78 is 51.5. The lowest BCUT2D eigenvalue weighted by Crippen LogP contribution is -2.43. The molecule has 0 bridgehead atoms. The molecule has 1 aromatic heterocycles. The lowest BCUT2D eigenvalue weighted by Gasteiger charge is -2.22. The number of nitrogen functional groups attached to an aromatic ring is 1. The van der Waals surface area contributed by atoms with E-state index in [4.69, 9.17) is 5.73 Å². The van der Waals surface area contributed by atoms with Gasteiger partial charge in [-0.15, -0.1) is 0 Å². The van der Waals surface area contributed by atoms with Gasteiger partial charge in [0.2, 0.25) is 10.0 Å². The lowest BCUT2D eigenvalue weighted by molar-refractivity contribution is 0.517. The molecular weight excluding hydrogens is 304 g/mol. The van der Waals surface area contributed by atoms with E-state index in [1.54, 1.807) is 14.0 Å². The molecule has 20 heavy (non-hydrogen) atoms. The van der Waals surface area contributed by atoms with Crippen LogP contribution in [-0.4, -0.2) is 44.2 Å². The number of hydrogen-bond acceptors (Lipinski definition) is 6. The first kappa shape index (κ1) is 15.3. The maximum atomic E-state index is 12.3. The smallest absolute Gasteiger partial charge is 0.246 e. The zero-order chi connectivity index (χ0) is 15.1. The molecule has 2 rings (SSSR count). The largest absolute Gasteiger partial charge is 0.381 e. The minimum absolute atomic E-state index is 0.0806. The highest BCUT2D eigenvalue weighted by molar-refractivity contribution is 7.91. The quantitative estimate of drug-likeness (QED) is 0.748. The van der Waals surface area contributed by atoms with Crippen molar-refractivity contribution < 1.29 is 16.8 Å². The fraction of sp³-hybridized carbons (Fsp3) is 0.700. The summed E-state index contributed by atoms with van der Waals surface area (Å²) in [6, 6.07) is -0.613. The minimum Gasteiger partial charge on any atom is -0.381 e. The van der Waals surface area contributed by atoms with Gasteiger partial charge in [0.15, 0.2) is 15.7 Å². The van der Waals surface area contributed by atoms with Crippen LogP contribution < -0.4 is 10.5 Å². The molecule has 8 nitrogen and oxygen atoms in total. The number of sulfonamides is 1. The molecule has 1 aliphatic rings. The van der Waals surface area contributed by atoms with Crippen molar-refractivity contribution in [2.24, 2.45) is 7.05 Å². The molecule has 0 spiro atoms. The highest BCUT2D eigenvalue weighted by Gasteiger charge is 2.31. The van der Waals surface area contributed by atoms with Crippen LogP contribution in [0.4, 0.5) is 5.82 Å². The predicted molar refractivity (Wildman–Crippen MR) is 74.4 cm³/mol. The Morgan fingerprint density at radius 3 is 2.60 bits per heavy atom. The number of rotatable bonds is 3. The van der Waals surface area contributed by atoms with Crippen molar-refractivity contribution in [1.29, 1.82) is 0 Å². The normalized spacial score (nSPS) is 22.8. The van der Waals surface area contributed by atoms with E-state index in [1.807, 2.05) is 0 Å². The van der Waals surface area contributed by atoms with Crippen molar-refractivity contribution in [2.45, 2.75) is 30.7 Å². The first-order chi connectivity index (χ1) is 9.12. The van der Waals surface area contributed by atoms with Crippen molar-refractivity contribution >= 4 is 25.7 Å². The second kappa shape index (κ2) is 5.01. The number of hydrogen-bond donors (Lipinski definition) is 2. The molecule has 0 amide bonds. The average Bonchev–Trinajstić information content (AvgIpc) is 2.50. The zero-order valence-corrected chi connectivity index (χ0v) is 13.0. The summed E-state index contributed by atoms with van der Waals surface area (Å²) in [4.78, 5) is -0.0806. The fourth-order valence-corrected chi connectivity index (χ4v) is 5.68. The molecule has 1 saturated heterocycles. The SMILES string of the molecule is Cc1c(S(=O)(=O)NC2CCCS(=O)(=O)C2)c(N)nn1C. The van der Waals surface area contributed by atoms with Gasteiger partial charge in [-0.05, 0) is 19.8 Å². The van der Waals surface area contributed by atoms with E-state index in [-0.39, 0.29) is 22.2 Å². The van der Waals surface area contributed by atoms with Crippen LogP contribution >= 0.6 is 0 Å². The van der Waals surface area contributed by atoms with E-state index in [0.717, 1.165) is 0 Å². The van der Waals surface area contributed by atoms with Crippen molar-refractivity contribution in [3.8, 4) is 0 Å². The Bertz CT molecular complexity index is 721. The average molecular weight is 322 g/mol. The van der Waals surface area contributed by atoms with Gasteiger partial charge in [-0.3, -0.25) is 4.68 Å². The molecule has 2 heterocycles. The third-order valence-electron chi connectivity index (χ3n) is 3.36. The topological polar surface area (TPSA) is 124 Å². The predicted octanol–water partition coefficient (Wildman–Crippen LogP) is -0.834. The summed E-state index contributed by atoms with van der Waals surface area (Å²) in [5.74, 6) is -0.152. The van der Waals surface area contributed by atoms with Crippen molar-refractivity contribution in [3.05, 3.63) is 5.69 Å². The molecule has 1 unspecified atom stereocenters. The maximum Gasteiger partial charge on any atom is 0.246 e. The van der Waals surface area contributed by atoms with Crippen LogP contribution in [0.3, 0.4) is 0 Å². The molecule has 1 aliphatic heterocycles. The summed E-state index contributed by atoms with van der Waals surface area (Å²) in [5.41, 5.74) is 6.03. The summed E-state index contributed by atoms with van der Waals surface area (Å²) in [6.07, 6.45) is 0.953. The second-order valence-electron chi connectivity index (χ2n) is 5.00. The van der Waals surface area contributed by atoms with Crippen LogP contribution in [0, 0.1) is 6.92 Å². The van der Waals surface area contributed by atoms with Gasteiger partial charge in [-0.2, -0.15) is 5.10 Å². The van der Waals surface area contributed by atoms with E-state index < -0.39 is 25.9 Å². The van der Waals surface area contributed by atoms with Gasteiger partial charge in [-0.1, -0.05) is 0 Å². The van der Waals surface area contributed by atoms with Crippen LogP contribution in [0.5, 0.6) is 0 Å². The number of nitrogens with zero attached hydrogens (tertiary/aromatic N) is 2. The summed E-state index contributed by atoms with van der Waals surface area (Å²) in [6.45, 7) is 1.59. The molecule has 1 aromatic rings. The number of sulfone groups is 1. The third-order valence-corrected chi connectivity index (χ3v) is 6.86. The van der Waals surface area contributed by atoms with Crippen LogP contribution in [0.15, 0.2) is 4.90 Å². The highest BCUT2D eigenvalue weighted by Crippen LogP contribution is 2.22. The zero-order valence-electron chi connectivity index (χ0n) is 11.3. The number of nitrogens with two attached hydrogens (primary N) is 1. The molecule has 114 valence electrons. The second-order valence-corrected chi connectivity index (χ2v) is 8.88. The van der Waals surface area contributed by atoms with Gasteiger partial charge in [-0.25, -0.2) is 21.6 Å². The van der Waals surface area contributed by atoms with E-state index in [9.17, 15) is 16.8 Å². The van der Waals surface area contributed by atoms with Gasteiger partial charge >= 0.3 is 0 Å². The molecular formula is C10H18N4O4S2. The van der Waals surface area contributed by atoms with Crippen LogP contribution in [0.2, 0.25) is 0 Å². The Morgan fingerprint density at radius 2 is 2.10 bits per heavy atom. The standard InChI is InChI=1S/C10H18N4O4S2/c1-7-9(10(11)12-14(7)2)20(17,18)13-8-4-3-5-19(15,16)6-8/h8,13H,3-6H2,1-2H3,(H2,11,12). The van der Waals surface area contributed by atoms with Crippen LogP contribution in [0.25, 0.3) is 0 Å². The fourth-order valence-electron chi connectivity index (χ4n) is 2.34. The molecule has 0 saturated carbocycles. The molecule has 10 heteroatoms. The first-order valence-corrected chi connectivity index (χ1v) is 9.45. The van der Waals surface area contributed by atoms with Gasteiger partial charge in [0, 0.05) is 13.1 Å². The van der Waals surface area contributed by atoms with Gasteiger partial charge in [0.05, 0.1) is 17.2 Å². The van der Waals surface area contributed by atoms with E-state index in [0.29, 0.717) is 18.5 Å². The Hall–Kier alpha value is -1.13. The van der Waals surface area contributed by atoms with Gasteiger partial charge < -0.3 is 5.73 Å². The lowest BCUT2D eigenvalue weighted by atomic mass is 10.2. The van der Waals surface area contributed by atoms with E-state index in [2.05, 4.69) is 9.82 Å². The van der Waals surface area contributed by atoms with Crippen molar-refractivity contribution in [2.75, 3.05) is 17.2 Å². The van der Waals surface area contributed by atoms with Gasteiger partial charge in [0.25, 0.3) is 0 Å². The van der Waals surface area contributed by atoms with Crippen LogP contribution in [-0.2, 0) is 26.9 Å². The number of nitrogens with one attached hydrogen (secondary N) is 1. The molecule has 1 fully saturated rings. The van der Waals surface area contributed by atoms with Crippen molar-refractivity contribution in [3.63, 3.8) is 0 Å². The number of anilines is 1. The number of aryl methyl sites for hydroxylation is 1. The third kappa shape index (κ3) is 2.96. The minimum atomic E-state index is -3.87. The molecule has 3 N–H and O–H groups in total. The Morgan fingerprint density at radius 1 is 1.45 bits per heavy atom. The van der Waals surface area contributed by atoms with Crippen LogP contribution in [0.1, 0.15) is 18.5 Å². The van der Waals surface area contributed by atoms with E-state index >= 15 is 0 Å². The summed E-state index contributed by atoms with van der Waals surface area (Å²) in [7, 11) is -5.46. The van der Waals surface area contributed by atoms with E-state index in [1.165, 1.54) is 4.68 Å². The Balaban J connectivity index is 2.28. The van der Waals surface area contributed by atoms with Crippen molar-refractivity contribution in [1.82, 2.24) is 14.5 Å². The summed E-state index contributed by atoms with van der Waals surface area (Å²) in [5, 5.41) is 3.86. The molecule has 0 aromatic carbocycles. The maximum absolute atomic E-state index is 12.3. The monoisotopic (exact) mass is 322 g/mol. The number of aromatic nitrogens is 2. The first-order valence-electron chi connectivity index (χ1n) is 6.14. The van der Waals surface area contributed by atoms with Gasteiger partial charge in [0.1, 0.15) is 4.90 Å². The highest BCUT2D eigenvalue weighted by atomic mass is 32.2. The molecule has 0 aliphatic carbocycles. The molecule has 0 radical (unpaired) electrons. The Labute approximate surface area is 118 Å².